The lowest BCUT2D eigenvalue weighted by Crippen LogP contribution is -2.49. The zero-order valence-electron chi connectivity index (χ0n) is 5.92. The van der Waals surface area contributed by atoms with E-state index in [1.165, 1.54) is 6.26 Å². The van der Waals surface area contributed by atoms with Gasteiger partial charge in [0.1, 0.15) is 0 Å². The van der Waals surface area contributed by atoms with E-state index in [0.29, 0.717) is 12.6 Å². The van der Waals surface area contributed by atoms with Crippen LogP contribution in [0.4, 0.5) is 0 Å². The summed E-state index contributed by atoms with van der Waals surface area (Å²) in [5.41, 5.74) is 0. The van der Waals surface area contributed by atoms with Crippen molar-refractivity contribution in [1.29, 1.82) is 0 Å². The number of rotatable bonds is 3. The highest BCUT2D eigenvalue weighted by atomic mass is 32.2. The summed E-state index contributed by atoms with van der Waals surface area (Å²) >= 11 is 0. The summed E-state index contributed by atoms with van der Waals surface area (Å²) < 4.78 is 23.5. The highest BCUT2D eigenvalue weighted by Crippen LogP contribution is 1.99. The molecule has 0 bridgehead atoms. The molecule has 0 aliphatic carbocycles. The number of hydrogen-bond acceptors (Lipinski definition) is 3. The van der Waals surface area contributed by atoms with E-state index in [9.17, 15) is 8.42 Å². The van der Waals surface area contributed by atoms with Gasteiger partial charge in [0, 0.05) is 12.6 Å². The summed E-state index contributed by atoms with van der Waals surface area (Å²) in [6.07, 6.45) is 2.24. The molecule has 4 nitrogen and oxygen atoms in total. The van der Waals surface area contributed by atoms with Gasteiger partial charge in [0.2, 0.25) is 10.0 Å². The van der Waals surface area contributed by atoms with Crippen molar-refractivity contribution in [3.8, 4) is 0 Å². The van der Waals surface area contributed by atoms with Crippen LogP contribution in [0.25, 0.3) is 0 Å². The van der Waals surface area contributed by atoms with Crippen molar-refractivity contribution in [2.45, 2.75) is 12.5 Å². The molecule has 1 heterocycles. The lowest BCUT2D eigenvalue weighted by Gasteiger charge is -2.27. The first-order valence-electron chi connectivity index (χ1n) is 3.26. The molecule has 1 fully saturated rings. The molecule has 0 saturated carbocycles. The minimum atomic E-state index is -2.99. The smallest absolute Gasteiger partial charge is 0.208 e. The van der Waals surface area contributed by atoms with E-state index in [2.05, 4.69) is 10.0 Å². The van der Waals surface area contributed by atoms with Gasteiger partial charge in [0.25, 0.3) is 0 Å². The molecule has 0 spiro atoms. The van der Waals surface area contributed by atoms with Crippen LogP contribution in [0, 0.1) is 0 Å². The average Bonchev–Trinajstić information content (AvgIpc) is 1.56. The Morgan fingerprint density at radius 3 is 2.60 bits per heavy atom. The van der Waals surface area contributed by atoms with Crippen molar-refractivity contribution in [3.05, 3.63) is 0 Å². The van der Waals surface area contributed by atoms with Crippen LogP contribution in [-0.2, 0) is 10.0 Å². The third-order valence-electron chi connectivity index (χ3n) is 1.52. The quantitative estimate of drug-likeness (QED) is 0.556. The Morgan fingerprint density at radius 1 is 1.70 bits per heavy atom. The van der Waals surface area contributed by atoms with Crippen LogP contribution in [0.15, 0.2) is 0 Å². The molecule has 60 valence electrons. The van der Waals surface area contributed by atoms with E-state index in [1.807, 2.05) is 0 Å². The second kappa shape index (κ2) is 2.86. The minimum absolute atomic E-state index is 0.356. The van der Waals surface area contributed by atoms with Crippen molar-refractivity contribution in [2.75, 3.05) is 19.3 Å². The summed E-state index contributed by atoms with van der Waals surface area (Å²) in [6, 6.07) is 0.356. The largest absolute Gasteiger partial charge is 0.313 e. The van der Waals surface area contributed by atoms with Gasteiger partial charge in [-0.15, -0.1) is 0 Å². The van der Waals surface area contributed by atoms with Crippen LogP contribution in [0.1, 0.15) is 6.42 Å². The van der Waals surface area contributed by atoms with Crippen LogP contribution >= 0.6 is 0 Å². The van der Waals surface area contributed by atoms with E-state index in [0.717, 1.165) is 13.0 Å². The van der Waals surface area contributed by atoms with Gasteiger partial charge in [0.15, 0.2) is 0 Å². The first kappa shape index (κ1) is 7.97. The molecule has 0 radical (unpaired) electrons. The zero-order chi connectivity index (χ0) is 7.61. The Morgan fingerprint density at radius 2 is 2.30 bits per heavy atom. The third-order valence-corrected chi connectivity index (χ3v) is 2.21. The molecule has 0 aromatic carbocycles. The van der Waals surface area contributed by atoms with Gasteiger partial charge in [-0.25, -0.2) is 13.1 Å². The third kappa shape index (κ3) is 2.64. The van der Waals surface area contributed by atoms with E-state index >= 15 is 0 Å². The van der Waals surface area contributed by atoms with Crippen molar-refractivity contribution in [3.63, 3.8) is 0 Å². The van der Waals surface area contributed by atoms with E-state index < -0.39 is 10.0 Å². The Balaban J connectivity index is 2.16. The number of sulfonamides is 1. The molecule has 1 aliphatic heterocycles. The predicted octanol–water partition coefficient (Wildman–Crippen LogP) is -1.10. The highest BCUT2D eigenvalue weighted by molar-refractivity contribution is 7.88. The van der Waals surface area contributed by atoms with Crippen molar-refractivity contribution < 1.29 is 8.42 Å². The van der Waals surface area contributed by atoms with Crippen LogP contribution in [-0.4, -0.2) is 33.8 Å². The fraction of sp³-hybridized carbons (Fsp3) is 1.00. The van der Waals surface area contributed by atoms with Crippen molar-refractivity contribution >= 4 is 10.0 Å². The monoisotopic (exact) mass is 164 g/mol. The van der Waals surface area contributed by atoms with E-state index in [-0.39, 0.29) is 0 Å². The van der Waals surface area contributed by atoms with Gasteiger partial charge in [0.05, 0.1) is 6.26 Å². The minimum Gasteiger partial charge on any atom is -0.313 e. The molecule has 5 heteroatoms. The maximum absolute atomic E-state index is 10.5. The predicted molar refractivity (Wildman–Crippen MR) is 39.3 cm³/mol. The summed E-state index contributed by atoms with van der Waals surface area (Å²) in [4.78, 5) is 0. The molecule has 1 saturated heterocycles. The summed E-state index contributed by atoms with van der Waals surface area (Å²) in [5, 5.41) is 3.09. The number of nitrogens with one attached hydrogen (secondary N) is 2. The number of hydrogen-bond donors (Lipinski definition) is 2. The van der Waals surface area contributed by atoms with Gasteiger partial charge < -0.3 is 5.32 Å². The first-order chi connectivity index (χ1) is 4.58. The second-order valence-corrected chi connectivity index (χ2v) is 4.39. The van der Waals surface area contributed by atoms with E-state index in [4.69, 9.17) is 0 Å². The standard InChI is InChI=1S/C5H12N2O2S/c1-10(8,9)7-4-5-2-3-6-5/h5-7H,2-4H2,1H3. The molecular formula is C5H12N2O2S. The van der Waals surface area contributed by atoms with Gasteiger partial charge in [-0.3, -0.25) is 0 Å². The fourth-order valence-electron chi connectivity index (χ4n) is 0.775. The summed E-state index contributed by atoms with van der Waals surface area (Å²) in [5.74, 6) is 0. The Labute approximate surface area is 61.1 Å². The zero-order valence-corrected chi connectivity index (χ0v) is 6.74. The van der Waals surface area contributed by atoms with Crippen molar-refractivity contribution in [1.82, 2.24) is 10.0 Å². The Kier molecular flexibility index (Phi) is 2.28. The molecular weight excluding hydrogens is 152 g/mol. The van der Waals surface area contributed by atoms with E-state index in [1.54, 1.807) is 0 Å². The van der Waals surface area contributed by atoms with Crippen molar-refractivity contribution in [2.24, 2.45) is 0 Å². The molecule has 0 aromatic heterocycles. The molecule has 1 unspecified atom stereocenters. The summed E-state index contributed by atoms with van der Waals surface area (Å²) in [7, 11) is -2.99. The molecule has 1 atom stereocenters. The Hall–Kier alpha value is -0.130. The van der Waals surface area contributed by atoms with Gasteiger partial charge in [-0.1, -0.05) is 0 Å². The van der Waals surface area contributed by atoms with Gasteiger partial charge in [-0.05, 0) is 13.0 Å². The van der Waals surface area contributed by atoms with Crippen LogP contribution < -0.4 is 10.0 Å². The van der Waals surface area contributed by atoms with Gasteiger partial charge >= 0.3 is 0 Å². The maximum atomic E-state index is 10.5. The fourth-order valence-corrected chi connectivity index (χ4v) is 1.28. The normalized spacial score (nSPS) is 25.9. The molecule has 1 rings (SSSR count). The van der Waals surface area contributed by atoms with Crippen LogP contribution in [0.5, 0.6) is 0 Å². The summed E-state index contributed by atoms with van der Waals surface area (Å²) in [6.45, 7) is 1.54. The highest BCUT2D eigenvalue weighted by Gasteiger charge is 2.16. The second-order valence-electron chi connectivity index (χ2n) is 2.56. The topological polar surface area (TPSA) is 58.2 Å². The lowest BCUT2D eigenvalue weighted by molar-refractivity contribution is 0.369. The molecule has 2 N–H and O–H groups in total. The first-order valence-corrected chi connectivity index (χ1v) is 5.15. The Bertz CT molecular complexity index is 196. The molecule has 10 heavy (non-hydrogen) atoms. The van der Waals surface area contributed by atoms with Crippen LogP contribution in [0.2, 0.25) is 0 Å². The maximum Gasteiger partial charge on any atom is 0.208 e. The molecule has 0 aromatic rings. The average molecular weight is 164 g/mol. The van der Waals surface area contributed by atoms with Gasteiger partial charge in [-0.2, -0.15) is 0 Å². The molecule has 0 amide bonds. The molecule has 1 aliphatic rings. The SMILES string of the molecule is CS(=O)(=O)NCC1CCN1. The lowest BCUT2D eigenvalue weighted by atomic mass is 10.1. The van der Waals surface area contributed by atoms with Crippen LogP contribution in [0.3, 0.4) is 0 Å².